The Kier molecular flexibility index (Phi) is 7.94. The molecule has 11 heteroatoms. The summed E-state index contributed by atoms with van der Waals surface area (Å²) in [6.45, 7) is 0.521. The number of halogens is 2. The van der Waals surface area contributed by atoms with E-state index >= 15 is 0 Å². The van der Waals surface area contributed by atoms with E-state index in [1.165, 1.54) is 24.5 Å². The van der Waals surface area contributed by atoms with Crippen LogP contribution in [0.25, 0.3) is 10.9 Å². The van der Waals surface area contributed by atoms with Gasteiger partial charge in [-0.2, -0.15) is 5.10 Å². The molecule has 2 aromatic heterocycles. The maximum absolute atomic E-state index is 13.3. The van der Waals surface area contributed by atoms with Crippen LogP contribution in [0.5, 0.6) is 11.5 Å². The first-order chi connectivity index (χ1) is 17.1. The van der Waals surface area contributed by atoms with E-state index in [0.29, 0.717) is 57.9 Å². The summed E-state index contributed by atoms with van der Waals surface area (Å²) in [6.07, 6.45) is 3.18. The summed E-state index contributed by atoms with van der Waals surface area (Å²) in [4.78, 5) is 21.0. The quantitative estimate of drug-likeness (QED) is 0.200. The van der Waals surface area contributed by atoms with E-state index in [2.05, 4.69) is 30.8 Å². The Morgan fingerprint density at radius 1 is 1.14 bits per heavy atom. The molecule has 0 spiro atoms. The molecule has 4 aromatic rings. The fourth-order valence-corrected chi connectivity index (χ4v) is 3.59. The van der Waals surface area contributed by atoms with Crippen LogP contribution in [0.4, 0.5) is 21.7 Å². The van der Waals surface area contributed by atoms with Crippen molar-refractivity contribution in [3.8, 4) is 11.5 Å². The molecular formula is C24H24ClFN6O3. The summed E-state index contributed by atoms with van der Waals surface area (Å²) in [5.74, 6) is 2.00. The van der Waals surface area contributed by atoms with Gasteiger partial charge in [-0.25, -0.2) is 14.4 Å². The van der Waals surface area contributed by atoms with Crippen LogP contribution in [0.15, 0.2) is 48.8 Å². The van der Waals surface area contributed by atoms with Gasteiger partial charge in [0.05, 0.1) is 25.7 Å². The molecule has 4 rings (SSSR count). The van der Waals surface area contributed by atoms with Gasteiger partial charge in [-0.3, -0.25) is 9.89 Å². The number of benzene rings is 2. The first-order valence-corrected chi connectivity index (χ1v) is 11.5. The number of methoxy groups -OCH3 is 1. The van der Waals surface area contributed by atoms with Crippen molar-refractivity contribution in [3.63, 3.8) is 0 Å². The van der Waals surface area contributed by atoms with E-state index in [0.717, 1.165) is 12.8 Å². The van der Waals surface area contributed by atoms with Gasteiger partial charge in [0.2, 0.25) is 5.91 Å². The van der Waals surface area contributed by atoms with Gasteiger partial charge in [0.15, 0.2) is 17.3 Å². The SMILES string of the molecule is COc1cc2c(Nc3cc(CC(=O)Nc4cccc(F)c4)[nH]n3)ncnc2cc1OCCCCCl. The number of aromatic nitrogens is 4. The Hall–Kier alpha value is -3.92. The smallest absolute Gasteiger partial charge is 0.230 e. The molecule has 182 valence electrons. The number of ether oxygens (including phenoxy) is 2. The lowest BCUT2D eigenvalue weighted by Gasteiger charge is -2.13. The zero-order chi connectivity index (χ0) is 24.6. The Balaban J connectivity index is 1.46. The second-order valence-electron chi connectivity index (χ2n) is 7.63. The standard InChI is InChI=1S/C24H24ClFN6O3/c1-34-20-12-18-19(13-21(20)35-8-3-2-7-25)27-14-28-24(18)30-22-10-17(31-32-22)11-23(33)29-16-6-4-5-15(26)9-16/h4-6,9-10,12-14H,2-3,7-8,11H2,1H3,(H,29,33)(H2,27,28,30,31,32). The highest BCUT2D eigenvalue weighted by Gasteiger charge is 2.14. The maximum Gasteiger partial charge on any atom is 0.230 e. The molecule has 0 saturated carbocycles. The summed E-state index contributed by atoms with van der Waals surface area (Å²) in [5, 5.41) is 13.5. The Labute approximate surface area is 206 Å². The van der Waals surface area contributed by atoms with Gasteiger partial charge in [0.1, 0.15) is 18.0 Å². The van der Waals surface area contributed by atoms with Crippen LogP contribution in [0.3, 0.4) is 0 Å². The molecule has 0 radical (unpaired) electrons. The van der Waals surface area contributed by atoms with Gasteiger partial charge < -0.3 is 20.1 Å². The molecule has 0 saturated heterocycles. The van der Waals surface area contributed by atoms with E-state index in [1.54, 1.807) is 31.4 Å². The number of carbonyl (C=O) groups is 1. The number of unbranched alkanes of at least 4 members (excludes halogenated alkanes) is 1. The van der Waals surface area contributed by atoms with Crippen LogP contribution in [-0.4, -0.2) is 45.7 Å². The zero-order valence-corrected chi connectivity index (χ0v) is 19.7. The lowest BCUT2D eigenvalue weighted by molar-refractivity contribution is -0.115. The van der Waals surface area contributed by atoms with E-state index in [1.807, 2.05) is 0 Å². The fraction of sp³-hybridized carbons (Fsp3) is 0.250. The highest BCUT2D eigenvalue weighted by molar-refractivity contribution is 6.17. The highest BCUT2D eigenvalue weighted by Crippen LogP contribution is 2.34. The largest absolute Gasteiger partial charge is 0.493 e. The number of rotatable bonds is 11. The van der Waals surface area contributed by atoms with Crippen LogP contribution in [0, 0.1) is 5.82 Å². The molecule has 9 nitrogen and oxygen atoms in total. The molecule has 0 aliphatic heterocycles. The minimum atomic E-state index is -0.422. The van der Waals surface area contributed by atoms with Crippen molar-refractivity contribution < 1.29 is 18.7 Å². The fourth-order valence-electron chi connectivity index (χ4n) is 3.40. The number of H-pyrrole nitrogens is 1. The van der Waals surface area contributed by atoms with Gasteiger partial charge in [-0.05, 0) is 37.1 Å². The number of hydrogen-bond donors (Lipinski definition) is 3. The summed E-state index contributed by atoms with van der Waals surface area (Å²) in [6, 6.07) is 11.0. The van der Waals surface area contributed by atoms with Gasteiger partial charge in [0.25, 0.3) is 0 Å². The zero-order valence-electron chi connectivity index (χ0n) is 19.0. The molecule has 0 atom stereocenters. The number of hydrogen-bond acceptors (Lipinski definition) is 7. The number of carbonyl (C=O) groups excluding carboxylic acids is 1. The first-order valence-electron chi connectivity index (χ1n) is 10.9. The number of aromatic amines is 1. The van der Waals surface area contributed by atoms with Crippen molar-refractivity contribution in [2.45, 2.75) is 19.3 Å². The molecule has 0 aliphatic carbocycles. The topological polar surface area (TPSA) is 114 Å². The third-order valence-electron chi connectivity index (χ3n) is 5.04. The highest BCUT2D eigenvalue weighted by atomic mass is 35.5. The van der Waals surface area contributed by atoms with Gasteiger partial charge in [0, 0.05) is 34.8 Å². The van der Waals surface area contributed by atoms with Crippen LogP contribution < -0.4 is 20.1 Å². The van der Waals surface area contributed by atoms with E-state index < -0.39 is 5.82 Å². The molecule has 0 unspecified atom stereocenters. The predicted molar refractivity (Wildman–Crippen MR) is 132 cm³/mol. The number of amides is 1. The van der Waals surface area contributed by atoms with Crippen LogP contribution in [-0.2, 0) is 11.2 Å². The van der Waals surface area contributed by atoms with Crippen molar-refractivity contribution in [1.29, 1.82) is 0 Å². The van der Waals surface area contributed by atoms with E-state index in [4.69, 9.17) is 21.1 Å². The first kappa shape index (κ1) is 24.2. The molecule has 2 aromatic carbocycles. The summed E-state index contributed by atoms with van der Waals surface area (Å²) in [5.41, 5.74) is 1.63. The Morgan fingerprint density at radius 3 is 2.83 bits per heavy atom. The average Bonchev–Trinajstić information content (AvgIpc) is 3.28. The minimum absolute atomic E-state index is 0.0357. The molecular weight excluding hydrogens is 475 g/mol. The normalized spacial score (nSPS) is 10.8. The Morgan fingerprint density at radius 2 is 2.03 bits per heavy atom. The number of nitrogens with one attached hydrogen (secondary N) is 3. The second-order valence-corrected chi connectivity index (χ2v) is 8.00. The summed E-state index contributed by atoms with van der Waals surface area (Å²) < 4.78 is 24.7. The van der Waals surface area contributed by atoms with Gasteiger partial charge >= 0.3 is 0 Å². The lowest BCUT2D eigenvalue weighted by atomic mass is 10.2. The van der Waals surface area contributed by atoms with Gasteiger partial charge in [-0.15, -0.1) is 11.6 Å². The van der Waals surface area contributed by atoms with Crippen molar-refractivity contribution >= 4 is 45.7 Å². The molecule has 1 amide bonds. The molecule has 0 fully saturated rings. The average molecular weight is 499 g/mol. The van der Waals surface area contributed by atoms with Gasteiger partial charge in [-0.1, -0.05) is 6.07 Å². The van der Waals surface area contributed by atoms with Crippen molar-refractivity contribution in [3.05, 3.63) is 60.3 Å². The van der Waals surface area contributed by atoms with Crippen LogP contribution >= 0.6 is 11.6 Å². The Bertz CT molecular complexity index is 1320. The van der Waals surface area contributed by atoms with Crippen LogP contribution in [0.1, 0.15) is 18.5 Å². The number of nitrogens with zero attached hydrogens (tertiary/aromatic N) is 3. The van der Waals surface area contributed by atoms with E-state index in [-0.39, 0.29) is 12.3 Å². The van der Waals surface area contributed by atoms with Crippen molar-refractivity contribution in [2.24, 2.45) is 0 Å². The summed E-state index contributed by atoms with van der Waals surface area (Å²) >= 11 is 5.72. The molecule has 0 bridgehead atoms. The predicted octanol–water partition coefficient (Wildman–Crippen LogP) is 4.82. The third kappa shape index (κ3) is 6.36. The lowest BCUT2D eigenvalue weighted by Crippen LogP contribution is -2.14. The molecule has 2 heterocycles. The maximum atomic E-state index is 13.3. The molecule has 35 heavy (non-hydrogen) atoms. The second kappa shape index (κ2) is 11.5. The summed E-state index contributed by atoms with van der Waals surface area (Å²) in [7, 11) is 1.57. The van der Waals surface area contributed by atoms with E-state index in [9.17, 15) is 9.18 Å². The molecule has 3 N–H and O–H groups in total. The third-order valence-corrected chi connectivity index (χ3v) is 5.31. The van der Waals surface area contributed by atoms with Crippen molar-refractivity contribution in [2.75, 3.05) is 30.2 Å². The van der Waals surface area contributed by atoms with Crippen molar-refractivity contribution in [1.82, 2.24) is 20.2 Å². The molecule has 0 aliphatic rings. The monoisotopic (exact) mass is 498 g/mol. The minimum Gasteiger partial charge on any atom is -0.493 e. The number of alkyl halides is 1. The number of anilines is 3. The van der Waals surface area contributed by atoms with Crippen LogP contribution in [0.2, 0.25) is 0 Å². The number of fused-ring (bicyclic) bond motifs is 1.